The van der Waals surface area contributed by atoms with Gasteiger partial charge < -0.3 is 4.90 Å². The summed E-state index contributed by atoms with van der Waals surface area (Å²) in [4.78, 5) is 14.9. The predicted molar refractivity (Wildman–Crippen MR) is 109 cm³/mol. The summed E-state index contributed by atoms with van der Waals surface area (Å²) < 4.78 is 32.0. The Morgan fingerprint density at radius 3 is 2.43 bits per heavy atom. The van der Waals surface area contributed by atoms with E-state index in [4.69, 9.17) is 0 Å². The van der Waals surface area contributed by atoms with E-state index < -0.39 is 11.6 Å². The first-order chi connectivity index (χ1) is 13.6. The van der Waals surface area contributed by atoms with Crippen molar-refractivity contribution in [3.63, 3.8) is 0 Å². The fraction of sp³-hybridized carbons (Fsp3) is 0.409. The monoisotopic (exact) mass is 402 g/mol. The van der Waals surface area contributed by atoms with Crippen LogP contribution in [-0.2, 0) is 4.79 Å². The Labute approximate surface area is 168 Å². The third-order valence-electron chi connectivity index (χ3n) is 5.79. The molecule has 1 N–H and O–H groups in total. The Morgan fingerprint density at radius 2 is 1.75 bits per heavy atom. The van der Waals surface area contributed by atoms with Crippen LogP contribution in [0.4, 0.5) is 8.78 Å². The van der Waals surface area contributed by atoms with Gasteiger partial charge in [-0.05, 0) is 54.7 Å². The Hall–Kier alpha value is -1.92. The molecule has 0 radical (unpaired) electrons. The number of carbonyl (C=O) groups excluding carboxylic acids is 1. The Balaban J connectivity index is 1.50. The van der Waals surface area contributed by atoms with Gasteiger partial charge in [0.1, 0.15) is 11.6 Å². The van der Waals surface area contributed by atoms with Crippen LogP contribution in [0.25, 0.3) is 11.1 Å². The zero-order valence-electron chi connectivity index (χ0n) is 15.8. The minimum Gasteiger partial charge on any atom is -0.342 e. The van der Waals surface area contributed by atoms with Gasteiger partial charge >= 0.3 is 0 Å². The lowest BCUT2D eigenvalue weighted by molar-refractivity contribution is -0.133. The van der Waals surface area contributed by atoms with Crippen LogP contribution < -0.4 is 4.72 Å². The highest BCUT2D eigenvalue weighted by molar-refractivity contribution is 7.96. The predicted octanol–water partition coefficient (Wildman–Crippen LogP) is 4.59. The second kappa shape index (κ2) is 8.21. The minimum atomic E-state index is -0.570. The molecule has 6 heteroatoms. The van der Waals surface area contributed by atoms with Crippen LogP contribution in [0.5, 0.6) is 0 Å². The molecule has 1 saturated heterocycles. The van der Waals surface area contributed by atoms with Crippen molar-refractivity contribution in [3.8, 4) is 11.1 Å². The number of rotatable bonds is 5. The number of piperidine rings is 1. The molecule has 4 rings (SSSR count). The fourth-order valence-electron chi connectivity index (χ4n) is 4.23. The first-order valence-corrected chi connectivity index (χ1v) is 10.9. The highest BCUT2D eigenvalue weighted by Gasteiger charge is 2.47. The van der Waals surface area contributed by atoms with Gasteiger partial charge in [-0.3, -0.25) is 9.52 Å². The number of hydrogen-bond acceptors (Lipinski definition) is 3. The van der Waals surface area contributed by atoms with Crippen molar-refractivity contribution in [1.29, 1.82) is 0 Å². The molecule has 0 aromatic heterocycles. The van der Waals surface area contributed by atoms with E-state index in [-0.39, 0.29) is 23.3 Å². The molecule has 148 valence electrons. The first-order valence-electron chi connectivity index (χ1n) is 9.70. The SMILES string of the molecule is CSNC1CCN(C(=O)C2CC2c2ccccc2-c2c(F)cccc2F)CC1. The van der Waals surface area contributed by atoms with Crippen LogP contribution in [0.15, 0.2) is 42.5 Å². The number of halogens is 2. The van der Waals surface area contributed by atoms with Crippen molar-refractivity contribution in [3.05, 3.63) is 59.7 Å². The van der Waals surface area contributed by atoms with Crippen LogP contribution in [-0.4, -0.2) is 36.2 Å². The summed E-state index contributed by atoms with van der Waals surface area (Å²) in [6, 6.07) is 11.7. The summed E-state index contributed by atoms with van der Waals surface area (Å²) in [7, 11) is 0. The van der Waals surface area contributed by atoms with E-state index in [1.807, 2.05) is 23.3 Å². The van der Waals surface area contributed by atoms with E-state index in [1.54, 1.807) is 24.1 Å². The van der Waals surface area contributed by atoms with Gasteiger partial charge in [-0.15, -0.1) is 0 Å². The lowest BCUT2D eigenvalue weighted by Crippen LogP contribution is -2.44. The van der Waals surface area contributed by atoms with E-state index in [9.17, 15) is 13.6 Å². The molecule has 1 amide bonds. The molecule has 2 fully saturated rings. The maximum absolute atomic E-state index is 14.3. The number of nitrogens with zero attached hydrogens (tertiary/aromatic N) is 1. The minimum absolute atomic E-state index is 0.000142. The molecular formula is C22H24F2N2OS. The topological polar surface area (TPSA) is 32.3 Å². The second-order valence-corrected chi connectivity index (χ2v) is 8.20. The van der Waals surface area contributed by atoms with Crippen LogP contribution in [0.3, 0.4) is 0 Å². The molecule has 1 aliphatic heterocycles. The average molecular weight is 403 g/mol. The van der Waals surface area contributed by atoms with Gasteiger partial charge in [-0.1, -0.05) is 42.3 Å². The second-order valence-electron chi connectivity index (χ2n) is 7.55. The quantitative estimate of drug-likeness (QED) is 0.743. The Kier molecular flexibility index (Phi) is 5.69. The van der Waals surface area contributed by atoms with E-state index in [1.165, 1.54) is 18.2 Å². The number of hydrogen-bond donors (Lipinski definition) is 1. The average Bonchev–Trinajstić information content (AvgIpc) is 3.49. The lowest BCUT2D eigenvalue weighted by Gasteiger charge is -2.32. The summed E-state index contributed by atoms with van der Waals surface area (Å²) in [5, 5.41) is 0. The maximum atomic E-state index is 14.3. The summed E-state index contributed by atoms with van der Waals surface area (Å²) in [6.07, 6.45) is 4.68. The van der Waals surface area contributed by atoms with Gasteiger partial charge in [-0.2, -0.15) is 0 Å². The van der Waals surface area contributed by atoms with Gasteiger partial charge in [0.05, 0.1) is 5.56 Å². The van der Waals surface area contributed by atoms with Crippen molar-refractivity contribution in [1.82, 2.24) is 9.62 Å². The van der Waals surface area contributed by atoms with E-state index in [0.717, 1.165) is 37.9 Å². The molecule has 2 aromatic carbocycles. The molecular weight excluding hydrogens is 378 g/mol. The lowest BCUT2D eigenvalue weighted by atomic mass is 9.95. The zero-order valence-corrected chi connectivity index (χ0v) is 16.6. The number of carbonyl (C=O) groups is 1. The van der Waals surface area contributed by atoms with E-state index in [2.05, 4.69) is 4.72 Å². The van der Waals surface area contributed by atoms with Crippen LogP contribution >= 0.6 is 11.9 Å². The largest absolute Gasteiger partial charge is 0.342 e. The Morgan fingerprint density at radius 1 is 1.07 bits per heavy atom. The highest BCUT2D eigenvalue weighted by Crippen LogP contribution is 2.51. The fourth-order valence-corrected chi connectivity index (χ4v) is 4.80. The molecule has 28 heavy (non-hydrogen) atoms. The standard InChI is InChI=1S/C22H24F2N2OS/c1-28-25-14-9-11-26(12-10-14)22(27)18-13-17(18)15-5-2-3-6-16(15)21-19(23)7-4-8-20(21)24/h2-8,14,17-18,25H,9-13H2,1H3. The number of benzene rings is 2. The van der Waals surface area contributed by atoms with Gasteiger partial charge in [-0.25, -0.2) is 8.78 Å². The smallest absolute Gasteiger partial charge is 0.226 e. The summed E-state index contributed by atoms with van der Waals surface area (Å²) in [5.41, 5.74) is 1.42. The molecule has 0 spiro atoms. The molecule has 3 nitrogen and oxygen atoms in total. The maximum Gasteiger partial charge on any atom is 0.226 e. The zero-order chi connectivity index (χ0) is 19.7. The van der Waals surface area contributed by atoms with Crippen molar-refractivity contribution in [2.45, 2.75) is 31.2 Å². The highest BCUT2D eigenvalue weighted by atomic mass is 32.2. The van der Waals surface area contributed by atoms with Crippen LogP contribution in [0.2, 0.25) is 0 Å². The molecule has 1 heterocycles. The summed E-state index contributed by atoms with van der Waals surface area (Å²) in [5.74, 6) is -1.01. The molecule has 2 unspecified atom stereocenters. The van der Waals surface area contributed by atoms with Crippen molar-refractivity contribution in [2.75, 3.05) is 19.3 Å². The first kappa shape index (κ1) is 19.4. The molecule has 1 aliphatic carbocycles. The molecule has 2 aliphatic rings. The van der Waals surface area contributed by atoms with E-state index >= 15 is 0 Å². The van der Waals surface area contributed by atoms with Crippen molar-refractivity contribution < 1.29 is 13.6 Å². The molecule has 2 atom stereocenters. The number of likely N-dealkylation sites (tertiary alicyclic amines) is 1. The normalized spacial score (nSPS) is 22.3. The number of nitrogens with one attached hydrogen (secondary N) is 1. The van der Waals surface area contributed by atoms with Crippen molar-refractivity contribution in [2.24, 2.45) is 5.92 Å². The third-order valence-corrected chi connectivity index (χ3v) is 6.36. The third kappa shape index (κ3) is 3.80. The van der Waals surface area contributed by atoms with Gasteiger partial charge in [0.15, 0.2) is 0 Å². The van der Waals surface area contributed by atoms with Crippen LogP contribution in [0.1, 0.15) is 30.7 Å². The van der Waals surface area contributed by atoms with Gasteiger partial charge in [0.25, 0.3) is 0 Å². The molecule has 1 saturated carbocycles. The summed E-state index contributed by atoms with van der Waals surface area (Å²) in [6.45, 7) is 1.54. The van der Waals surface area contributed by atoms with E-state index in [0.29, 0.717) is 11.6 Å². The summed E-state index contributed by atoms with van der Waals surface area (Å²) >= 11 is 1.62. The van der Waals surface area contributed by atoms with Crippen LogP contribution in [0, 0.1) is 17.6 Å². The van der Waals surface area contributed by atoms with Crippen molar-refractivity contribution >= 4 is 17.9 Å². The van der Waals surface area contributed by atoms with Gasteiger partial charge in [0.2, 0.25) is 5.91 Å². The van der Waals surface area contributed by atoms with Gasteiger partial charge in [0, 0.05) is 25.0 Å². The molecule has 0 bridgehead atoms. The molecule has 2 aromatic rings. The number of amides is 1. The Bertz CT molecular complexity index is 847.